The summed E-state index contributed by atoms with van der Waals surface area (Å²) in [6.07, 6.45) is 4.26. The second-order valence-electron chi connectivity index (χ2n) is 6.66. The van der Waals surface area contributed by atoms with Gasteiger partial charge in [0.2, 0.25) is 0 Å². The number of morpholine rings is 1. The summed E-state index contributed by atoms with van der Waals surface area (Å²) in [5.41, 5.74) is 9.86. The minimum atomic E-state index is 0.279. The number of rotatable bonds is 3. The van der Waals surface area contributed by atoms with Crippen LogP contribution in [0.25, 0.3) is 27.7 Å². The van der Waals surface area contributed by atoms with Crippen LogP contribution in [0.15, 0.2) is 42.7 Å². The van der Waals surface area contributed by atoms with Crippen LogP contribution < -0.4 is 10.6 Å². The molecule has 140 valence electrons. The zero-order chi connectivity index (χ0) is 19.1. The number of benzene rings is 1. The highest BCUT2D eigenvalue weighted by Crippen LogP contribution is 2.31. The molecule has 0 bridgehead atoms. The van der Waals surface area contributed by atoms with E-state index in [1.54, 1.807) is 12.4 Å². The summed E-state index contributed by atoms with van der Waals surface area (Å²) in [4.78, 5) is 23.1. The summed E-state index contributed by atoms with van der Waals surface area (Å²) in [6.45, 7) is 2.49. The fourth-order valence-electron chi connectivity index (χ4n) is 3.57. The molecule has 2 N–H and O–H groups in total. The van der Waals surface area contributed by atoms with Crippen molar-refractivity contribution < 1.29 is 9.53 Å². The maximum absolute atomic E-state index is 11.7. The number of hydrogen-bond donors (Lipinski definition) is 1. The van der Waals surface area contributed by atoms with E-state index in [9.17, 15) is 4.79 Å². The Morgan fingerprint density at radius 2 is 1.96 bits per heavy atom. The molecule has 0 aliphatic carbocycles. The van der Waals surface area contributed by atoms with Crippen LogP contribution in [-0.4, -0.2) is 52.2 Å². The van der Waals surface area contributed by atoms with Crippen LogP contribution in [0.4, 0.5) is 11.6 Å². The lowest BCUT2D eigenvalue weighted by molar-refractivity contribution is 0.111. The van der Waals surface area contributed by atoms with Gasteiger partial charge in [-0.05, 0) is 12.1 Å². The van der Waals surface area contributed by atoms with Crippen LogP contribution in [0.1, 0.15) is 10.4 Å². The van der Waals surface area contributed by atoms with Gasteiger partial charge in [-0.3, -0.25) is 9.78 Å². The van der Waals surface area contributed by atoms with Crippen LogP contribution in [0, 0.1) is 0 Å². The molecule has 0 radical (unpaired) electrons. The van der Waals surface area contributed by atoms with E-state index in [2.05, 4.69) is 16.1 Å². The third-order valence-electron chi connectivity index (χ3n) is 5.03. The number of fused-ring (bicyclic) bond motifs is 2. The summed E-state index contributed by atoms with van der Waals surface area (Å²) in [7, 11) is 0. The van der Waals surface area contributed by atoms with Crippen molar-refractivity contribution in [3.05, 3.63) is 48.3 Å². The molecule has 8 nitrogen and oxygen atoms in total. The molecule has 4 aromatic rings. The number of nitrogens with zero attached hydrogens (tertiary/aromatic N) is 5. The van der Waals surface area contributed by atoms with Gasteiger partial charge < -0.3 is 15.4 Å². The highest BCUT2D eigenvalue weighted by molar-refractivity contribution is 5.93. The van der Waals surface area contributed by atoms with Crippen molar-refractivity contribution in [2.75, 3.05) is 36.9 Å². The molecule has 3 aromatic heterocycles. The number of carbonyl (C=O) groups is 1. The maximum Gasteiger partial charge on any atom is 0.167 e. The number of carbonyl (C=O) groups excluding carboxylic acids is 1. The first-order valence-electron chi connectivity index (χ1n) is 9.06. The van der Waals surface area contributed by atoms with Crippen LogP contribution in [0.5, 0.6) is 0 Å². The van der Waals surface area contributed by atoms with Gasteiger partial charge in [-0.2, -0.15) is 9.61 Å². The molecular weight excluding hydrogens is 356 g/mol. The first-order chi connectivity index (χ1) is 13.8. The number of ether oxygens (including phenoxy) is 1. The van der Waals surface area contributed by atoms with Crippen molar-refractivity contribution in [3.8, 4) is 11.1 Å². The minimum absolute atomic E-state index is 0.279. The number of aromatic nitrogens is 4. The second-order valence-corrected chi connectivity index (χ2v) is 6.66. The molecule has 8 heteroatoms. The van der Waals surface area contributed by atoms with Crippen molar-refractivity contribution in [1.29, 1.82) is 0 Å². The molecule has 4 heterocycles. The Kier molecular flexibility index (Phi) is 3.91. The van der Waals surface area contributed by atoms with Gasteiger partial charge in [0, 0.05) is 35.8 Å². The predicted octanol–water partition coefficient (Wildman–Crippen LogP) is 2.18. The molecule has 0 saturated carbocycles. The van der Waals surface area contributed by atoms with Crippen LogP contribution >= 0.6 is 0 Å². The predicted molar refractivity (Wildman–Crippen MR) is 107 cm³/mol. The highest BCUT2D eigenvalue weighted by Gasteiger charge is 2.22. The zero-order valence-electron chi connectivity index (χ0n) is 15.1. The largest absolute Gasteiger partial charge is 0.383 e. The Labute approximate surface area is 160 Å². The molecule has 1 aromatic carbocycles. The van der Waals surface area contributed by atoms with E-state index < -0.39 is 0 Å². The van der Waals surface area contributed by atoms with Gasteiger partial charge in [0.15, 0.2) is 11.9 Å². The number of aldehydes is 1. The quantitative estimate of drug-likeness (QED) is 0.549. The average molecular weight is 374 g/mol. The van der Waals surface area contributed by atoms with E-state index in [-0.39, 0.29) is 5.82 Å². The lowest BCUT2D eigenvalue weighted by Gasteiger charge is -2.29. The van der Waals surface area contributed by atoms with E-state index in [0.29, 0.717) is 43.3 Å². The van der Waals surface area contributed by atoms with Gasteiger partial charge in [0.25, 0.3) is 0 Å². The SMILES string of the molecule is Nc1c(C=O)c(N2CCOCC2)nc2c(-c3cnc4ccccc4c3)cnn12. The number of hydrogen-bond acceptors (Lipinski definition) is 7. The molecule has 0 atom stereocenters. The van der Waals surface area contributed by atoms with Crippen molar-refractivity contribution in [1.82, 2.24) is 19.6 Å². The fourth-order valence-corrected chi connectivity index (χ4v) is 3.57. The van der Waals surface area contributed by atoms with Gasteiger partial charge in [-0.15, -0.1) is 0 Å². The summed E-state index contributed by atoms with van der Waals surface area (Å²) >= 11 is 0. The van der Waals surface area contributed by atoms with E-state index in [4.69, 9.17) is 15.5 Å². The molecule has 5 rings (SSSR count). The lowest BCUT2D eigenvalue weighted by atomic mass is 10.1. The number of pyridine rings is 1. The van der Waals surface area contributed by atoms with Crippen molar-refractivity contribution in [2.24, 2.45) is 0 Å². The van der Waals surface area contributed by atoms with Crippen LogP contribution in [0.2, 0.25) is 0 Å². The summed E-state index contributed by atoms with van der Waals surface area (Å²) in [5, 5.41) is 5.40. The molecular formula is C20H18N6O2. The van der Waals surface area contributed by atoms with E-state index in [0.717, 1.165) is 28.3 Å². The number of nitrogen functional groups attached to an aromatic ring is 1. The molecule has 1 fully saturated rings. The summed E-state index contributed by atoms with van der Waals surface area (Å²) in [6, 6.07) is 9.98. The Bertz CT molecular complexity index is 1200. The number of anilines is 2. The smallest absolute Gasteiger partial charge is 0.167 e. The van der Waals surface area contributed by atoms with Crippen LogP contribution in [0.3, 0.4) is 0 Å². The van der Waals surface area contributed by atoms with Gasteiger partial charge >= 0.3 is 0 Å². The first kappa shape index (κ1) is 16.6. The zero-order valence-corrected chi connectivity index (χ0v) is 15.1. The molecule has 1 saturated heterocycles. The second kappa shape index (κ2) is 6.58. The van der Waals surface area contributed by atoms with Crippen molar-refractivity contribution in [2.45, 2.75) is 0 Å². The highest BCUT2D eigenvalue weighted by atomic mass is 16.5. The molecule has 0 unspecified atom stereocenters. The average Bonchev–Trinajstić information content (AvgIpc) is 3.18. The Morgan fingerprint density at radius 3 is 2.79 bits per heavy atom. The number of para-hydroxylation sites is 1. The third kappa shape index (κ3) is 2.57. The Morgan fingerprint density at radius 1 is 1.14 bits per heavy atom. The molecule has 1 aliphatic heterocycles. The Hall–Kier alpha value is -3.52. The molecule has 28 heavy (non-hydrogen) atoms. The number of nitrogens with two attached hydrogens (primary N) is 1. The topological polar surface area (TPSA) is 98.6 Å². The van der Waals surface area contributed by atoms with Gasteiger partial charge in [-0.1, -0.05) is 18.2 Å². The third-order valence-corrected chi connectivity index (χ3v) is 5.03. The molecule has 1 aliphatic rings. The van der Waals surface area contributed by atoms with Crippen molar-refractivity contribution >= 4 is 34.5 Å². The summed E-state index contributed by atoms with van der Waals surface area (Å²) < 4.78 is 6.93. The standard InChI is InChI=1S/C20H18N6O2/c21-18-16(12-27)19(25-5-7-28-8-6-25)24-20-15(11-23-26(18)20)14-9-13-3-1-2-4-17(13)22-10-14/h1-4,9-12H,5-8,21H2. The monoisotopic (exact) mass is 374 g/mol. The fraction of sp³-hybridized carbons (Fsp3) is 0.200. The maximum atomic E-state index is 11.7. The molecule has 0 amide bonds. The van der Waals surface area contributed by atoms with Gasteiger partial charge in [-0.25, -0.2) is 4.98 Å². The van der Waals surface area contributed by atoms with E-state index >= 15 is 0 Å². The minimum Gasteiger partial charge on any atom is -0.383 e. The van der Waals surface area contributed by atoms with Gasteiger partial charge in [0.1, 0.15) is 11.6 Å². The van der Waals surface area contributed by atoms with E-state index in [1.807, 2.05) is 29.2 Å². The lowest BCUT2D eigenvalue weighted by Crippen LogP contribution is -2.37. The van der Waals surface area contributed by atoms with Crippen LogP contribution in [-0.2, 0) is 4.74 Å². The first-order valence-corrected chi connectivity index (χ1v) is 9.06. The normalized spacial score (nSPS) is 14.6. The Balaban J connectivity index is 1.71. The van der Waals surface area contributed by atoms with Crippen molar-refractivity contribution in [3.63, 3.8) is 0 Å². The van der Waals surface area contributed by atoms with Gasteiger partial charge in [0.05, 0.1) is 30.5 Å². The summed E-state index contributed by atoms with van der Waals surface area (Å²) in [5.74, 6) is 0.847. The van der Waals surface area contributed by atoms with E-state index in [1.165, 1.54) is 4.52 Å². The molecule has 0 spiro atoms.